The minimum Gasteiger partial charge on any atom is -0.376 e. The number of nitrogens with one attached hydrogen (secondary N) is 1. The largest absolute Gasteiger partial charge is 0.376 e. The molecule has 0 saturated carbocycles. The molecule has 60 valence electrons. The fourth-order valence-electron chi connectivity index (χ4n) is 0.121. The molecule has 0 aliphatic rings. The van der Waals surface area contributed by atoms with E-state index in [0.29, 0.717) is 0 Å². The summed E-state index contributed by atoms with van der Waals surface area (Å²) in [5.41, 5.74) is 9.39. The molecular weight excluding hydrogens is 150 g/mol. The van der Waals surface area contributed by atoms with Crippen molar-refractivity contribution in [3.05, 3.63) is 0 Å². The summed E-state index contributed by atoms with van der Waals surface area (Å²) in [6.45, 7) is 4.25. The van der Waals surface area contributed by atoms with E-state index in [1.54, 1.807) is 0 Å². The van der Waals surface area contributed by atoms with E-state index < -0.39 is 6.03 Å². The third kappa shape index (κ3) is 27.2. The molecule has 4 nitrogen and oxygen atoms in total. The molecule has 10 heavy (non-hydrogen) atoms. The average molecular weight is 163 g/mol. The van der Waals surface area contributed by atoms with Crippen LogP contribution in [0.15, 0.2) is 0 Å². The van der Waals surface area contributed by atoms with Gasteiger partial charge in [-0.1, -0.05) is 20.3 Å². The minimum absolute atomic E-state index is 0.104. The Morgan fingerprint density at radius 3 is 1.80 bits per heavy atom. The molecule has 0 aromatic carbocycles. The van der Waals surface area contributed by atoms with Crippen molar-refractivity contribution in [1.29, 1.82) is 0 Å². The second-order valence-corrected chi connectivity index (χ2v) is 2.00. The summed E-state index contributed by atoms with van der Waals surface area (Å²) in [7, 11) is 0. The standard InChI is InChI=1S/C3H8.C2H5N3OS/c1-3-2;3-1(6)5-2(4)7/h3H2,1-2H3;(H5,3,4,5,6,7). The van der Waals surface area contributed by atoms with Gasteiger partial charge in [0.2, 0.25) is 0 Å². The van der Waals surface area contributed by atoms with Crippen molar-refractivity contribution in [3.8, 4) is 0 Å². The van der Waals surface area contributed by atoms with E-state index in [2.05, 4.69) is 31.8 Å². The molecule has 0 rings (SSSR count). The Kier molecular flexibility index (Phi) is 9.71. The molecule has 0 radical (unpaired) electrons. The second-order valence-electron chi connectivity index (χ2n) is 1.56. The van der Waals surface area contributed by atoms with Gasteiger partial charge in [-0.3, -0.25) is 5.32 Å². The van der Waals surface area contributed by atoms with E-state index in [0.717, 1.165) is 0 Å². The van der Waals surface area contributed by atoms with Crippen molar-refractivity contribution < 1.29 is 4.79 Å². The summed E-state index contributed by atoms with van der Waals surface area (Å²) >= 11 is 4.24. The number of carbonyl (C=O) groups excluding carboxylic acids is 1. The Bertz CT molecular complexity index is 103. The summed E-state index contributed by atoms with van der Waals surface area (Å²) in [5, 5.41) is 1.85. The van der Waals surface area contributed by atoms with Gasteiger partial charge in [-0.2, -0.15) is 0 Å². The van der Waals surface area contributed by atoms with Gasteiger partial charge in [0.25, 0.3) is 0 Å². The number of carbonyl (C=O) groups is 1. The van der Waals surface area contributed by atoms with Gasteiger partial charge in [0.1, 0.15) is 0 Å². The van der Waals surface area contributed by atoms with Gasteiger partial charge >= 0.3 is 6.03 Å². The SMILES string of the molecule is CCC.NC(=O)NC(N)=S. The second kappa shape index (κ2) is 8.16. The molecule has 0 atom stereocenters. The fraction of sp³-hybridized carbons (Fsp3) is 0.600. The molecule has 0 fully saturated rings. The summed E-state index contributed by atoms with van der Waals surface area (Å²) in [4.78, 5) is 9.75. The Hall–Kier alpha value is -0.840. The Morgan fingerprint density at radius 2 is 1.80 bits per heavy atom. The highest BCUT2D eigenvalue weighted by molar-refractivity contribution is 7.80. The van der Waals surface area contributed by atoms with E-state index in [4.69, 9.17) is 5.73 Å². The van der Waals surface area contributed by atoms with Crippen molar-refractivity contribution in [2.24, 2.45) is 11.5 Å². The Balaban J connectivity index is 0. The first kappa shape index (κ1) is 11.9. The first-order chi connectivity index (χ1) is 4.54. The molecular formula is C5H13N3OS. The highest BCUT2D eigenvalue weighted by Gasteiger charge is 1.87. The maximum atomic E-state index is 9.75. The number of nitrogens with two attached hydrogens (primary N) is 2. The number of thiocarbonyl (C=S) groups is 1. The third-order valence-corrected chi connectivity index (χ3v) is 0.348. The first-order valence-corrected chi connectivity index (χ1v) is 3.31. The molecule has 2 amide bonds. The van der Waals surface area contributed by atoms with Crippen LogP contribution < -0.4 is 16.8 Å². The molecule has 0 aromatic heterocycles. The summed E-state index contributed by atoms with van der Waals surface area (Å²) < 4.78 is 0. The molecule has 0 aromatic rings. The van der Waals surface area contributed by atoms with Crippen LogP contribution in [0.2, 0.25) is 0 Å². The van der Waals surface area contributed by atoms with E-state index in [-0.39, 0.29) is 5.11 Å². The lowest BCUT2D eigenvalue weighted by Gasteiger charge is -1.91. The molecule has 0 heterocycles. The van der Waals surface area contributed by atoms with Crippen LogP contribution in [0.3, 0.4) is 0 Å². The predicted molar refractivity (Wildman–Crippen MR) is 45.5 cm³/mol. The smallest absolute Gasteiger partial charge is 0.318 e. The van der Waals surface area contributed by atoms with Crippen LogP contribution in [0.4, 0.5) is 4.79 Å². The minimum atomic E-state index is -0.729. The van der Waals surface area contributed by atoms with Crippen molar-refractivity contribution in [3.63, 3.8) is 0 Å². The van der Waals surface area contributed by atoms with Crippen LogP contribution in [-0.4, -0.2) is 11.1 Å². The number of primary amides is 1. The van der Waals surface area contributed by atoms with Crippen molar-refractivity contribution >= 4 is 23.4 Å². The van der Waals surface area contributed by atoms with Crippen LogP contribution in [-0.2, 0) is 0 Å². The lowest BCUT2D eigenvalue weighted by atomic mass is 10.6. The highest BCUT2D eigenvalue weighted by atomic mass is 32.1. The molecule has 0 saturated heterocycles. The molecule has 0 spiro atoms. The zero-order valence-electron chi connectivity index (χ0n) is 6.18. The molecule has 0 aliphatic heterocycles. The molecule has 5 N–H and O–H groups in total. The molecule has 0 aliphatic carbocycles. The van der Waals surface area contributed by atoms with Gasteiger partial charge in [0, 0.05) is 0 Å². The van der Waals surface area contributed by atoms with E-state index in [9.17, 15) is 4.79 Å². The summed E-state index contributed by atoms with van der Waals surface area (Å²) in [6, 6.07) is -0.729. The quantitative estimate of drug-likeness (QED) is 0.450. The van der Waals surface area contributed by atoms with Crippen LogP contribution in [0, 0.1) is 0 Å². The maximum Gasteiger partial charge on any atom is 0.318 e. The molecule has 5 heteroatoms. The number of urea groups is 1. The lowest BCUT2D eigenvalue weighted by Crippen LogP contribution is -2.38. The number of hydrogen-bond donors (Lipinski definition) is 3. The third-order valence-electron chi connectivity index (χ3n) is 0.246. The van der Waals surface area contributed by atoms with Crippen molar-refractivity contribution in [2.75, 3.05) is 0 Å². The van der Waals surface area contributed by atoms with Crippen molar-refractivity contribution in [1.82, 2.24) is 5.32 Å². The summed E-state index contributed by atoms with van der Waals surface area (Å²) in [5.74, 6) is 0. The lowest BCUT2D eigenvalue weighted by molar-refractivity contribution is 0.253. The fourth-order valence-corrected chi connectivity index (χ4v) is 0.222. The average Bonchev–Trinajstić information content (AvgIpc) is 1.62. The first-order valence-electron chi connectivity index (χ1n) is 2.90. The topological polar surface area (TPSA) is 81.1 Å². The summed E-state index contributed by atoms with van der Waals surface area (Å²) in [6.07, 6.45) is 1.25. The zero-order chi connectivity index (χ0) is 8.57. The number of amides is 2. The van der Waals surface area contributed by atoms with Crippen molar-refractivity contribution in [2.45, 2.75) is 20.3 Å². The van der Waals surface area contributed by atoms with Crippen LogP contribution >= 0.6 is 12.2 Å². The number of hydrogen-bond acceptors (Lipinski definition) is 2. The maximum absolute atomic E-state index is 9.75. The van der Waals surface area contributed by atoms with Crippen LogP contribution in [0.5, 0.6) is 0 Å². The van der Waals surface area contributed by atoms with Crippen LogP contribution in [0.25, 0.3) is 0 Å². The number of rotatable bonds is 0. The van der Waals surface area contributed by atoms with Gasteiger partial charge in [-0.25, -0.2) is 4.79 Å². The van der Waals surface area contributed by atoms with Gasteiger partial charge in [-0.05, 0) is 12.2 Å². The normalized spacial score (nSPS) is 7.00. The Morgan fingerprint density at radius 1 is 1.50 bits per heavy atom. The van der Waals surface area contributed by atoms with Gasteiger partial charge < -0.3 is 11.5 Å². The predicted octanol–water partition coefficient (Wildman–Crippen LogP) is 0.315. The van der Waals surface area contributed by atoms with Gasteiger partial charge in [0.15, 0.2) is 5.11 Å². The monoisotopic (exact) mass is 163 g/mol. The highest BCUT2D eigenvalue weighted by Crippen LogP contribution is 1.56. The molecule has 0 bridgehead atoms. The van der Waals surface area contributed by atoms with E-state index >= 15 is 0 Å². The Labute approximate surface area is 66.0 Å². The van der Waals surface area contributed by atoms with Gasteiger partial charge in [-0.15, -0.1) is 0 Å². The zero-order valence-corrected chi connectivity index (χ0v) is 6.99. The van der Waals surface area contributed by atoms with E-state index in [1.807, 2.05) is 5.32 Å². The van der Waals surface area contributed by atoms with Gasteiger partial charge in [0.05, 0.1) is 0 Å². The van der Waals surface area contributed by atoms with E-state index in [1.165, 1.54) is 6.42 Å². The van der Waals surface area contributed by atoms with Crippen LogP contribution in [0.1, 0.15) is 20.3 Å². The molecule has 0 unspecified atom stereocenters.